The van der Waals surface area contributed by atoms with E-state index in [0.29, 0.717) is 31.9 Å². The Labute approximate surface area is 194 Å². The van der Waals surface area contributed by atoms with Crippen LogP contribution in [0.25, 0.3) is 11.3 Å². The van der Waals surface area contributed by atoms with Crippen LogP contribution in [0, 0.1) is 26.6 Å². The Bertz CT molecular complexity index is 1120. The number of hydrogen-bond acceptors (Lipinski definition) is 5. The highest BCUT2D eigenvalue weighted by Crippen LogP contribution is 2.26. The van der Waals surface area contributed by atoms with E-state index < -0.39 is 6.10 Å². The molecule has 0 aliphatic carbocycles. The fourth-order valence-electron chi connectivity index (χ4n) is 4.05. The third-order valence-corrected chi connectivity index (χ3v) is 6.16. The van der Waals surface area contributed by atoms with Crippen LogP contribution in [0.5, 0.6) is 5.75 Å². The van der Waals surface area contributed by atoms with E-state index in [9.17, 15) is 9.18 Å². The first-order chi connectivity index (χ1) is 15.8. The van der Waals surface area contributed by atoms with Gasteiger partial charge in [-0.3, -0.25) is 4.79 Å². The second-order valence-electron chi connectivity index (χ2n) is 8.55. The van der Waals surface area contributed by atoms with Gasteiger partial charge >= 0.3 is 0 Å². The SMILES string of the molecule is Cc1cc(C)c(-c2ccc(N3CCN(C(=O)C(C)Oc4ccc(F)cc4)CC3)nn2)cc1C. The van der Waals surface area contributed by atoms with Crippen molar-refractivity contribution in [2.24, 2.45) is 0 Å². The van der Waals surface area contributed by atoms with E-state index in [0.717, 1.165) is 17.1 Å². The summed E-state index contributed by atoms with van der Waals surface area (Å²) in [6.07, 6.45) is -0.637. The number of aryl methyl sites for hydroxylation is 3. The molecule has 7 heteroatoms. The lowest BCUT2D eigenvalue weighted by molar-refractivity contribution is -0.138. The standard InChI is InChI=1S/C26H29FN4O2/c1-17-15-19(3)23(16-18(17)2)24-9-10-25(29-28-24)30-11-13-31(14-12-30)26(32)20(4)33-22-7-5-21(27)6-8-22/h5-10,15-16,20H,11-14H2,1-4H3. The molecule has 0 saturated carbocycles. The van der Waals surface area contributed by atoms with Gasteiger partial charge in [0.25, 0.3) is 5.91 Å². The zero-order valence-electron chi connectivity index (χ0n) is 19.5. The fourth-order valence-corrected chi connectivity index (χ4v) is 4.05. The molecule has 0 spiro atoms. The van der Waals surface area contributed by atoms with Crippen molar-refractivity contribution in [1.29, 1.82) is 0 Å². The van der Waals surface area contributed by atoms with Crippen LogP contribution in [-0.4, -0.2) is 53.3 Å². The third-order valence-electron chi connectivity index (χ3n) is 6.16. The molecular formula is C26H29FN4O2. The van der Waals surface area contributed by atoms with Crippen LogP contribution in [0.2, 0.25) is 0 Å². The fraction of sp³-hybridized carbons (Fsp3) is 0.346. The van der Waals surface area contributed by atoms with Crippen LogP contribution < -0.4 is 9.64 Å². The molecule has 0 bridgehead atoms. The van der Waals surface area contributed by atoms with Gasteiger partial charge in [-0.15, -0.1) is 10.2 Å². The molecule has 1 aliphatic rings. The molecule has 1 unspecified atom stereocenters. The molecule has 1 aliphatic heterocycles. The molecular weight excluding hydrogens is 419 g/mol. The Balaban J connectivity index is 1.35. The van der Waals surface area contributed by atoms with Crippen molar-refractivity contribution in [3.05, 3.63) is 71.0 Å². The van der Waals surface area contributed by atoms with Crippen molar-refractivity contribution in [2.75, 3.05) is 31.1 Å². The van der Waals surface area contributed by atoms with E-state index in [2.05, 4.69) is 48.0 Å². The second-order valence-corrected chi connectivity index (χ2v) is 8.55. The maximum atomic E-state index is 13.1. The Morgan fingerprint density at radius 1 is 0.909 bits per heavy atom. The van der Waals surface area contributed by atoms with Crippen LogP contribution >= 0.6 is 0 Å². The van der Waals surface area contributed by atoms with Gasteiger partial charge in [0.15, 0.2) is 11.9 Å². The molecule has 1 fully saturated rings. The number of aromatic nitrogens is 2. The van der Waals surface area contributed by atoms with Gasteiger partial charge in [-0.1, -0.05) is 6.07 Å². The predicted molar refractivity (Wildman–Crippen MR) is 127 cm³/mol. The summed E-state index contributed by atoms with van der Waals surface area (Å²) < 4.78 is 18.7. The molecule has 0 N–H and O–H groups in total. The average molecular weight is 449 g/mol. The van der Waals surface area contributed by atoms with Crippen molar-refractivity contribution in [1.82, 2.24) is 15.1 Å². The molecule has 4 rings (SSSR count). The van der Waals surface area contributed by atoms with Crippen LogP contribution in [-0.2, 0) is 4.79 Å². The lowest BCUT2D eigenvalue weighted by Crippen LogP contribution is -2.52. The lowest BCUT2D eigenvalue weighted by atomic mass is 9.99. The number of amides is 1. The number of anilines is 1. The third kappa shape index (κ3) is 5.13. The Kier molecular flexibility index (Phi) is 6.58. The number of ether oxygens (including phenoxy) is 1. The minimum atomic E-state index is -0.637. The van der Waals surface area contributed by atoms with E-state index in [4.69, 9.17) is 4.74 Å². The molecule has 0 radical (unpaired) electrons. The summed E-state index contributed by atoms with van der Waals surface area (Å²) in [4.78, 5) is 16.7. The first-order valence-electron chi connectivity index (χ1n) is 11.2. The summed E-state index contributed by atoms with van der Waals surface area (Å²) >= 11 is 0. The van der Waals surface area contributed by atoms with Crippen LogP contribution in [0.4, 0.5) is 10.2 Å². The van der Waals surface area contributed by atoms with Crippen LogP contribution in [0.3, 0.4) is 0 Å². The van der Waals surface area contributed by atoms with Crippen molar-refractivity contribution >= 4 is 11.7 Å². The van der Waals surface area contributed by atoms with Crippen molar-refractivity contribution < 1.29 is 13.9 Å². The number of benzene rings is 2. The smallest absolute Gasteiger partial charge is 0.263 e. The number of carbonyl (C=O) groups excluding carboxylic acids is 1. The van der Waals surface area contributed by atoms with Gasteiger partial charge in [0.1, 0.15) is 11.6 Å². The van der Waals surface area contributed by atoms with Gasteiger partial charge in [-0.05, 0) is 86.8 Å². The molecule has 1 aromatic heterocycles. The zero-order valence-corrected chi connectivity index (χ0v) is 19.5. The van der Waals surface area contributed by atoms with Crippen LogP contribution in [0.1, 0.15) is 23.6 Å². The predicted octanol–water partition coefficient (Wildman–Crippen LogP) is 4.32. The molecule has 3 aromatic rings. The molecule has 2 heterocycles. The Morgan fingerprint density at radius 3 is 2.21 bits per heavy atom. The van der Waals surface area contributed by atoms with E-state index in [-0.39, 0.29) is 11.7 Å². The van der Waals surface area contributed by atoms with Gasteiger partial charge in [-0.2, -0.15) is 0 Å². The highest BCUT2D eigenvalue weighted by atomic mass is 19.1. The number of carbonyl (C=O) groups is 1. The summed E-state index contributed by atoms with van der Waals surface area (Å²) in [6, 6.07) is 14.0. The molecule has 1 atom stereocenters. The number of nitrogens with zero attached hydrogens (tertiary/aromatic N) is 4. The summed E-state index contributed by atoms with van der Waals surface area (Å²) in [5.41, 5.74) is 5.65. The summed E-state index contributed by atoms with van der Waals surface area (Å²) in [7, 11) is 0. The normalized spacial score (nSPS) is 14.8. The summed E-state index contributed by atoms with van der Waals surface area (Å²) in [5.74, 6) is 0.872. The lowest BCUT2D eigenvalue weighted by Gasteiger charge is -2.36. The Morgan fingerprint density at radius 2 is 1.58 bits per heavy atom. The maximum Gasteiger partial charge on any atom is 0.263 e. The second kappa shape index (κ2) is 9.57. The number of halogens is 1. The topological polar surface area (TPSA) is 58.6 Å². The average Bonchev–Trinajstić information content (AvgIpc) is 2.82. The molecule has 1 amide bonds. The zero-order chi connectivity index (χ0) is 23.5. The summed E-state index contributed by atoms with van der Waals surface area (Å²) in [6.45, 7) is 10.5. The highest BCUT2D eigenvalue weighted by Gasteiger charge is 2.26. The van der Waals surface area contributed by atoms with Gasteiger partial charge in [0.2, 0.25) is 0 Å². The Hall–Kier alpha value is -3.48. The largest absolute Gasteiger partial charge is 0.481 e. The van der Waals surface area contributed by atoms with Gasteiger partial charge < -0.3 is 14.5 Å². The first kappa shape index (κ1) is 22.7. The number of piperazine rings is 1. The minimum absolute atomic E-state index is 0.0781. The molecule has 1 saturated heterocycles. The van der Waals surface area contributed by atoms with Gasteiger partial charge in [-0.25, -0.2) is 4.39 Å². The monoisotopic (exact) mass is 448 g/mol. The van der Waals surface area contributed by atoms with E-state index in [1.165, 1.54) is 41.0 Å². The molecule has 33 heavy (non-hydrogen) atoms. The highest BCUT2D eigenvalue weighted by molar-refractivity contribution is 5.81. The van der Waals surface area contributed by atoms with Gasteiger partial charge in [0, 0.05) is 31.7 Å². The first-order valence-corrected chi connectivity index (χ1v) is 11.2. The molecule has 6 nitrogen and oxygen atoms in total. The van der Waals surface area contributed by atoms with E-state index in [1.54, 1.807) is 11.8 Å². The van der Waals surface area contributed by atoms with Crippen molar-refractivity contribution in [2.45, 2.75) is 33.8 Å². The van der Waals surface area contributed by atoms with Crippen molar-refractivity contribution in [3.8, 4) is 17.0 Å². The summed E-state index contributed by atoms with van der Waals surface area (Å²) in [5, 5.41) is 8.93. The number of hydrogen-bond donors (Lipinski definition) is 0. The van der Waals surface area contributed by atoms with Crippen LogP contribution in [0.15, 0.2) is 48.5 Å². The van der Waals surface area contributed by atoms with Crippen molar-refractivity contribution in [3.63, 3.8) is 0 Å². The molecule has 172 valence electrons. The van der Waals surface area contributed by atoms with E-state index in [1.807, 2.05) is 12.1 Å². The minimum Gasteiger partial charge on any atom is -0.481 e. The quantitative estimate of drug-likeness (QED) is 0.582. The van der Waals surface area contributed by atoms with E-state index >= 15 is 0 Å². The molecule has 2 aromatic carbocycles. The maximum absolute atomic E-state index is 13.1. The number of rotatable bonds is 5. The van der Waals surface area contributed by atoms with Gasteiger partial charge in [0.05, 0.1) is 5.69 Å².